The summed E-state index contributed by atoms with van der Waals surface area (Å²) in [5.41, 5.74) is 0.527. The molecule has 4 aromatic rings. The van der Waals surface area contributed by atoms with Crippen LogP contribution in [0.15, 0.2) is 76.3 Å². The Balaban J connectivity index is 1.72. The minimum atomic E-state index is -0.588. The van der Waals surface area contributed by atoms with E-state index in [1.54, 1.807) is 66.7 Å². The quantitative estimate of drug-likeness (QED) is 0.438. The molecule has 0 aliphatic carbocycles. The van der Waals surface area contributed by atoms with Gasteiger partial charge in [0.2, 0.25) is 5.91 Å². The van der Waals surface area contributed by atoms with Crippen LogP contribution in [0.25, 0.3) is 10.9 Å². The summed E-state index contributed by atoms with van der Waals surface area (Å²) >= 11 is 5.95. The number of benzene rings is 3. The molecule has 1 aromatic heterocycles. The molecule has 1 amide bonds. The van der Waals surface area contributed by atoms with Gasteiger partial charge in [-0.1, -0.05) is 35.9 Å². The highest BCUT2D eigenvalue weighted by atomic mass is 35.5. The van der Waals surface area contributed by atoms with Crippen LogP contribution >= 0.6 is 11.6 Å². The topological polar surface area (TPSA) is 91.6 Å². The molecule has 0 saturated carbocycles. The number of carbonyl (C=O) groups is 1. The number of methoxy groups -OCH3 is 2. The fraction of sp³-hybridized carbons (Fsp3) is 0.160. The maximum atomic E-state index is 13.3. The molecular formula is C25H22ClN3O5. The number of halogens is 1. The summed E-state index contributed by atoms with van der Waals surface area (Å²) in [6, 6.07) is 18.6. The van der Waals surface area contributed by atoms with Gasteiger partial charge in [-0.25, -0.2) is 4.79 Å². The maximum Gasteiger partial charge on any atom is 0.332 e. The van der Waals surface area contributed by atoms with Gasteiger partial charge in [0.1, 0.15) is 18.0 Å². The van der Waals surface area contributed by atoms with Crippen molar-refractivity contribution in [1.29, 1.82) is 0 Å². The normalized spacial score (nSPS) is 10.8. The van der Waals surface area contributed by atoms with Crippen molar-refractivity contribution in [1.82, 2.24) is 9.13 Å². The van der Waals surface area contributed by atoms with Gasteiger partial charge in [-0.3, -0.25) is 18.7 Å². The van der Waals surface area contributed by atoms with Gasteiger partial charge in [0, 0.05) is 11.1 Å². The second-order valence-corrected chi connectivity index (χ2v) is 7.95. The summed E-state index contributed by atoms with van der Waals surface area (Å²) in [7, 11) is 3.01. The summed E-state index contributed by atoms with van der Waals surface area (Å²) in [6.07, 6.45) is 0. The number of aromatic nitrogens is 2. The lowest BCUT2D eigenvalue weighted by Crippen LogP contribution is -2.42. The molecule has 9 heteroatoms. The molecule has 1 heterocycles. The molecule has 4 rings (SSSR count). The minimum absolute atomic E-state index is 0.0492. The fourth-order valence-electron chi connectivity index (χ4n) is 3.67. The Bertz CT molecular complexity index is 1480. The van der Waals surface area contributed by atoms with Gasteiger partial charge in [-0.15, -0.1) is 0 Å². The van der Waals surface area contributed by atoms with Crippen LogP contribution in [-0.2, 0) is 17.9 Å². The van der Waals surface area contributed by atoms with E-state index in [1.165, 1.54) is 18.8 Å². The third-order valence-electron chi connectivity index (χ3n) is 5.37. The smallest absolute Gasteiger partial charge is 0.332 e. The van der Waals surface area contributed by atoms with Crippen molar-refractivity contribution >= 4 is 34.1 Å². The summed E-state index contributed by atoms with van der Waals surface area (Å²) in [6.45, 7) is -0.247. The third-order valence-corrected chi connectivity index (χ3v) is 5.62. The molecule has 0 aliphatic heterocycles. The van der Waals surface area contributed by atoms with Crippen molar-refractivity contribution in [2.45, 2.75) is 13.1 Å². The summed E-state index contributed by atoms with van der Waals surface area (Å²) < 4.78 is 12.9. The van der Waals surface area contributed by atoms with E-state index in [9.17, 15) is 14.4 Å². The SMILES string of the molecule is COc1ccc(NC(=O)Cn2c(=O)n(Cc3ccc(Cl)cc3)c(=O)c3ccccc32)c(OC)c1. The summed E-state index contributed by atoms with van der Waals surface area (Å²) in [5, 5.41) is 3.65. The predicted octanol–water partition coefficient (Wildman–Crippen LogP) is 3.52. The lowest BCUT2D eigenvalue weighted by Gasteiger charge is -2.15. The van der Waals surface area contributed by atoms with E-state index in [0.29, 0.717) is 33.1 Å². The second kappa shape index (κ2) is 9.84. The number of nitrogens with one attached hydrogen (secondary N) is 1. The number of amides is 1. The van der Waals surface area contributed by atoms with Gasteiger partial charge < -0.3 is 14.8 Å². The number of ether oxygens (including phenoxy) is 2. The number of anilines is 1. The van der Waals surface area contributed by atoms with Crippen LogP contribution in [0.4, 0.5) is 5.69 Å². The molecule has 0 bridgehead atoms. The predicted molar refractivity (Wildman–Crippen MR) is 131 cm³/mol. The standard InChI is InChI=1S/C25H22ClN3O5/c1-33-18-11-12-20(22(13-18)34-2)27-23(30)15-28-21-6-4-3-5-19(21)24(31)29(25(28)32)14-16-7-9-17(26)10-8-16/h3-13H,14-15H2,1-2H3,(H,27,30). The summed E-state index contributed by atoms with van der Waals surface area (Å²) in [5.74, 6) is 0.538. The molecule has 0 saturated heterocycles. The third kappa shape index (κ3) is 4.67. The van der Waals surface area contributed by atoms with Crippen molar-refractivity contribution in [2.75, 3.05) is 19.5 Å². The van der Waals surface area contributed by atoms with E-state index in [4.69, 9.17) is 21.1 Å². The van der Waals surface area contributed by atoms with Gasteiger partial charge in [-0.05, 0) is 42.0 Å². The first-order chi connectivity index (χ1) is 16.4. The van der Waals surface area contributed by atoms with E-state index in [1.807, 2.05) is 0 Å². The zero-order chi connectivity index (χ0) is 24.2. The van der Waals surface area contributed by atoms with Crippen LogP contribution in [0.3, 0.4) is 0 Å². The van der Waals surface area contributed by atoms with E-state index in [2.05, 4.69) is 5.32 Å². The van der Waals surface area contributed by atoms with Crippen molar-refractivity contribution in [3.63, 3.8) is 0 Å². The number of nitrogens with zero attached hydrogens (tertiary/aromatic N) is 2. The Morgan fingerprint density at radius 2 is 1.68 bits per heavy atom. The van der Waals surface area contributed by atoms with Crippen molar-refractivity contribution in [3.05, 3.63) is 98.2 Å². The summed E-state index contributed by atoms with van der Waals surface area (Å²) in [4.78, 5) is 39.4. The monoisotopic (exact) mass is 479 g/mol. The molecule has 8 nitrogen and oxygen atoms in total. The minimum Gasteiger partial charge on any atom is -0.497 e. The van der Waals surface area contributed by atoms with E-state index in [-0.39, 0.29) is 13.1 Å². The van der Waals surface area contributed by atoms with Gasteiger partial charge >= 0.3 is 5.69 Å². The lowest BCUT2D eigenvalue weighted by molar-refractivity contribution is -0.116. The van der Waals surface area contributed by atoms with Crippen molar-refractivity contribution in [3.8, 4) is 11.5 Å². The molecular weight excluding hydrogens is 458 g/mol. The van der Waals surface area contributed by atoms with Gasteiger partial charge in [-0.2, -0.15) is 0 Å². The highest BCUT2D eigenvalue weighted by Gasteiger charge is 2.17. The van der Waals surface area contributed by atoms with Gasteiger partial charge in [0.25, 0.3) is 5.56 Å². The first kappa shape index (κ1) is 23.1. The Labute approximate surface area is 199 Å². The molecule has 0 fully saturated rings. The molecule has 0 unspecified atom stereocenters. The van der Waals surface area contributed by atoms with Gasteiger partial charge in [0.05, 0.1) is 37.4 Å². The number of para-hydroxylation sites is 1. The van der Waals surface area contributed by atoms with Crippen LogP contribution in [0.5, 0.6) is 11.5 Å². The Hall–Kier alpha value is -4.04. The van der Waals surface area contributed by atoms with Gasteiger partial charge in [0.15, 0.2) is 0 Å². The molecule has 3 aromatic carbocycles. The number of hydrogen-bond donors (Lipinski definition) is 1. The van der Waals surface area contributed by atoms with E-state index in [0.717, 1.165) is 10.1 Å². The highest BCUT2D eigenvalue weighted by molar-refractivity contribution is 6.30. The maximum absolute atomic E-state index is 13.3. The van der Waals surface area contributed by atoms with Crippen molar-refractivity contribution in [2.24, 2.45) is 0 Å². The Morgan fingerprint density at radius 3 is 2.38 bits per heavy atom. The number of rotatable bonds is 7. The molecule has 0 atom stereocenters. The Kier molecular flexibility index (Phi) is 6.70. The molecule has 0 radical (unpaired) electrons. The van der Waals surface area contributed by atoms with Crippen LogP contribution in [-0.4, -0.2) is 29.3 Å². The second-order valence-electron chi connectivity index (χ2n) is 7.52. The molecule has 174 valence electrons. The van der Waals surface area contributed by atoms with E-state index >= 15 is 0 Å². The number of carbonyl (C=O) groups excluding carboxylic acids is 1. The lowest BCUT2D eigenvalue weighted by atomic mass is 10.2. The average molecular weight is 480 g/mol. The van der Waals surface area contributed by atoms with Crippen LogP contribution in [0.2, 0.25) is 5.02 Å². The largest absolute Gasteiger partial charge is 0.497 e. The first-order valence-electron chi connectivity index (χ1n) is 10.4. The van der Waals surface area contributed by atoms with Crippen LogP contribution in [0.1, 0.15) is 5.56 Å². The highest BCUT2D eigenvalue weighted by Crippen LogP contribution is 2.29. The molecule has 34 heavy (non-hydrogen) atoms. The zero-order valence-corrected chi connectivity index (χ0v) is 19.3. The van der Waals surface area contributed by atoms with Crippen molar-refractivity contribution < 1.29 is 14.3 Å². The van der Waals surface area contributed by atoms with E-state index < -0.39 is 17.2 Å². The average Bonchev–Trinajstić information content (AvgIpc) is 2.85. The first-order valence-corrected chi connectivity index (χ1v) is 10.8. The zero-order valence-electron chi connectivity index (χ0n) is 18.6. The molecule has 1 N–H and O–H groups in total. The molecule has 0 aliphatic rings. The molecule has 0 spiro atoms. The fourth-order valence-corrected chi connectivity index (χ4v) is 3.80. The Morgan fingerprint density at radius 1 is 0.941 bits per heavy atom. The van der Waals surface area contributed by atoms with Crippen LogP contribution in [0, 0.1) is 0 Å². The van der Waals surface area contributed by atoms with Crippen LogP contribution < -0.4 is 26.0 Å². The number of hydrogen-bond acceptors (Lipinski definition) is 5. The number of fused-ring (bicyclic) bond motifs is 1.